The molecule has 3 atom stereocenters. The molecule has 3 aliphatic rings. The summed E-state index contributed by atoms with van der Waals surface area (Å²) >= 11 is 0. The monoisotopic (exact) mass is 276 g/mol. The van der Waals surface area contributed by atoms with Crippen LogP contribution in [0.1, 0.15) is 0 Å². The summed E-state index contributed by atoms with van der Waals surface area (Å²) in [6, 6.07) is -0.250. The smallest absolute Gasteiger partial charge is 0.284 e. The molecule has 0 aromatic rings. The number of aliphatic hydroxyl groups is 2. The average molecular weight is 276 g/mol. The van der Waals surface area contributed by atoms with Crippen molar-refractivity contribution in [2.45, 2.75) is 18.2 Å². The fourth-order valence-electron chi connectivity index (χ4n) is 2.36. The van der Waals surface area contributed by atoms with Gasteiger partial charge in [0.05, 0.1) is 5.57 Å². The van der Waals surface area contributed by atoms with Gasteiger partial charge in [-0.3, -0.25) is 4.79 Å². The van der Waals surface area contributed by atoms with Crippen LogP contribution in [0.5, 0.6) is 0 Å². The molecule has 0 saturated heterocycles. The molecule has 2 aliphatic heterocycles. The van der Waals surface area contributed by atoms with Crippen molar-refractivity contribution in [1.82, 2.24) is 0 Å². The molecule has 0 aromatic carbocycles. The van der Waals surface area contributed by atoms with Crippen molar-refractivity contribution >= 4 is 23.9 Å². The quantitative estimate of drug-likeness (QED) is 0.404. The van der Waals surface area contributed by atoms with Gasteiger partial charge in [0.15, 0.2) is 5.84 Å². The zero-order valence-electron chi connectivity index (χ0n) is 10.5. The number of nitrogens with zero attached hydrogens (tertiary/aromatic N) is 3. The van der Waals surface area contributed by atoms with Crippen LogP contribution in [0.15, 0.2) is 38.3 Å². The summed E-state index contributed by atoms with van der Waals surface area (Å²) in [5.74, 6) is -0.252. The number of hydrogen-bond donors (Lipinski definition) is 4. The summed E-state index contributed by atoms with van der Waals surface area (Å²) in [5.41, 5.74) is 6.44. The Morgan fingerprint density at radius 2 is 2.10 bits per heavy atom. The molecule has 3 unspecified atom stereocenters. The molecule has 6 N–H and O–H groups in total. The first-order chi connectivity index (χ1) is 9.56. The highest BCUT2D eigenvalue weighted by Crippen LogP contribution is 2.17. The van der Waals surface area contributed by atoms with E-state index in [1.807, 2.05) is 5.32 Å². The summed E-state index contributed by atoms with van der Waals surface area (Å²) in [4.78, 5) is 23.3. The first-order valence-corrected chi connectivity index (χ1v) is 6.19. The van der Waals surface area contributed by atoms with Gasteiger partial charge in [-0.2, -0.15) is 9.98 Å². The number of carbonyl (C=O) groups excluding carboxylic acids is 1. The van der Waals surface area contributed by atoms with Crippen molar-refractivity contribution in [2.24, 2.45) is 20.7 Å². The molecule has 2 heterocycles. The molecule has 1 aliphatic carbocycles. The minimum Gasteiger partial charge on any atom is -0.386 e. The number of amides is 1. The van der Waals surface area contributed by atoms with Crippen molar-refractivity contribution < 1.29 is 20.3 Å². The Labute approximate surface area is 114 Å². The summed E-state index contributed by atoms with van der Waals surface area (Å²) in [6.45, 7) is 0.428. The Kier molecular flexibility index (Phi) is 3.05. The highest BCUT2D eigenvalue weighted by atomic mass is 16.3. The van der Waals surface area contributed by atoms with Crippen molar-refractivity contribution in [1.29, 1.82) is 0 Å². The number of quaternary nitrogens is 1. The van der Waals surface area contributed by atoms with E-state index in [9.17, 15) is 15.0 Å². The zero-order chi connectivity index (χ0) is 14.3. The minimum absolute atomic E-state index is 0.0894. The van der Waals surface area contributed by atoms with Crippen LogP contribution in [-0.4, -0.2) is 58.9 Å². The Balaban J connectivity index is 1.73. The fourth-order valence-corrected chi connectivity index (χ4v) is 2.36. The summed E-state index contributed by atoms with van der Waals surface area (Å²) in [6.07, 6.45) is 3.15. The lowest BCUT2D eigenvalue weighted by molar-refractivity contribution is -0.678. The topological polar surface area (TPSA) is 137 Å². The van der Waals surface area contributed by atoms with Gasteiger partial charge in [0.1, 0.15) is 24.8 Å². The van der Waals surface area contributed by atoms with Gasteiger partial charge in [-0.1, -0.05) is 6.08 Å². The molecule has 0 aromatic heterocycles. The second kappa shape index (κ2) is 4.75. The summed E-state index contributed by atoms with van der Waals surface area (Å²) < 4.78 is 0. The molecule has 104 valence electrons. The fraction of sp³-hybridized carbons (Fsp3) is 0.333. The van der Waals surface area contributed by atoms with Gasteiger partial charge in [-0.05, 0) is 6.08 Å². The van der Waals surface area contributed by atoms with E-state index < -0.39 is 18.1 Å². The van der Waals surface area contributed by atoms with E-state index in [1.165, 1.54) is 0 Å². The number of amidine groups is 1. The maximum atomic E-state index is 11.8. The molecule has 0 fully saturated rings. The van der Waals surface area contributed by atoms with Gasteiger partial charge in [-0.25, -0.2) is 4.99 Å². The first-order valence-electron chi connectivity index (χ1n) is 6.19. The molecule has 1 amide bonds. The van der Waals surface area contributed by atoms with Crippen LogP contribution in [0.4, 0.5) is 0 Å². The van der Waals surface area contributed by atoms with Crippen molar-refractivity contribution in [3.63, 3.8) is 0 Å². The number of aliphatic imine (C=N–C) groups is 3. The third kappa shape index (κ3) is 2.09. The first kappa shape index (κ1) is 12.9. The SMILES string of the molecule is NC1=NC(=O)C2=C(C[NH2+]C3C=CC(O)C3O)C=NC2=N1. The second-order valence-electron chi connectivity index (χ2n) is 4.75. The Bertz CT molecular complexity index is 617. The summed E-state index contributed by atoms with van der Waals surface area (Å²) in [5, 5.41) is 21.0. The largest absolute Gasteiger partial charge is 0.386 e. The molecular formula is C12H14N5O3+. The second-order valence-corrected chi connectivity index (χ2v) is 4.75. The third-order valence-electron chi connectivity index (χ3n) is 3.42. The summed E-state index contributed by atoms with van der Waals surface area (Å²) in [7, 11) is 0. The Morgan fingerprint density at radius 1 is 1.30 bits per heavy atom. The molecule has 0 saturated carbocycles. The maximum absolute atomic E-state index is 11.8. The number of carbonyl (C=O) groups is 1. The zero-order valence-corrected chi connectivity index (χ0v) is 10.5. The number of nitrogens with two attached hydrogens (primary N) is 2. The maximum Gasteiger partial charge on any atom is 0.284 e. The van der Waals surface area contributed by atoms with Crippen LogP contribution < -0.4 is 11.1 Å². The normalized spacial score (nSPS) is 31.7. The lowest BCUT2D eigenvalue weighted by Crippen LogP contribution is -2.92. The number of hydrogen-bond acceptors (Lipinski definition) is 6. The van der Waals surface area contributed by atoms with Gasteiger partial charge in [0.25, 0.3) is 5.91 Å². The van der Waals surface area contributed by atoms with Gasteiger partial charge >= 0.3 is 0 Å². The van der Waals surface area contributed by atoms with Crippen LogP contribution >= 0.6 is 0 Å². The molecule has 0 radical (unpaired) electrons. The predicted octanol–water partition coefficient (Wildman–Crippen LogP) is -3.16. The lowest BCUT2D eigenvalue weighted by Gasteiger charge is -2.15. The van der Waals surface area contributed by atoms with Crippen molar-refractivity contribution in [3.8, 4) is 0 Å². The van der Waals surface area contributed by atoms with E-state index in [0.29, 0.717) is 17.7 Å². The Morgan fingerprint density at radius 3 is 2.80 bits per heavy atom. The average Bonchev–Trinajstić information content (AvgIpc) is 2.93. The van der Waals surface area contributed by atoms with E-state index in [4.69, 9.17) is 5.73 Å². The molecular weight excluding hydrogens is 262 g/mol. The van der Waals surface area contributed by atoms with Gasteiger partial charge in [0.2, 0.25) is 5.96 Å². The predicted molar refractivity (Wildman–Crippen MR) is 71.3 cm³/mol. The van der Waals surface area contributed by atoms with E-state index in [2.05, 4.69) is 15.0 Å². The number of guanidine groups is 1. The van der Waals surface area contributed by atoms with Crippen molar-refractivity contribution in [2.75, 3.05) is 6.54 Å². The molecule has 8 nitrogen and oxygen atoms in total. The highest BCUT2D eigenvalue weighted by molar-refractivity contribution is 6.34. The van der Waals surface area contributed by atoms with Crippen LogP contribution in [0.2, 0.25) is 0 Å². The van der Waals surface area contributed by atoms with Gasteiger partial charge in [0, 0.05) is 11.8 Å². The standard InChI is InChI=1S/C12H13N5O3/c13-12-16-10-8(11(20)17-12)5(4-15-10)3-14-6-1-2-7(18)9(6)19/h1-2,4,6-7,9,14,18-19H,3H2,(H2,13,17,20)/p+1. The van der Waals surface area contributed by atoms with E-state index in [1.54, 1.807) is 18.4 Å². The van der Waals surface area contributed by atoms with E-state index in [-0.39, 0.29) is 17.8 Å². The molecule has 0 spiro atoms. The molecule has 20 heavy (non-hydrogen) atoms. The number of aliphatic hydroxyl groups excluding tert-OH is 2. The number of rotatable bonds is 3. The van der Waals surface area contributed by atoms with Crippen LogP contribution in [0.3, 0.4) is 0 Å². The third-order valence-corrected chi connectivity index (χ3v) is 3.42. The van der Waals surface area contributed by atoms with Crippen LogP contribution in [0.25, 0.3) is 0 Å². The van der Waals surface area contributed by atoms with E-state index >= 15 is 0 Å². The van der Waals surface area contributed by atoms with Crippen molar-refractivity contribution in [3.05, 3.63) is 23.3 Å². The molecule has 3 rings (SSSR count). The Hall–Kier alpha value is -2.16. The molecule has 8 heteroatoms. The molecule has 0 bridgehead atoms. The van der Waals surface area contributed by atoms with Crippen LogP contribution in [-0.2, 0) is 4.79 Å². The lowest BCUT2D eigenvalue weighted by atomic mass is 10.1. The minimum atomic E-state index is -0.845. The van der Waals surface area contributed by atoms with Crippen LogP contribution in [0, 0.1) is 0 Å². The number of fused-ring (bicyclic) bond motifs is 1. The highest BCUT2D eigenvalue weighted by Gasteiger charge is 2.33. The van der Waals surface area contributed by atoms with Gasteiger partial charge in [-0.15, -0.1) is 0 Å². The van der Waals surface area contributed by atoms with E-state index in [0.717, 1.165) is 0 Å². The van der Waals surface area contributed by atoms with Gasteiger partial charge < -0.3 is 21.3 Å².